The second kappa shape index (κ2) is 8.73. The van der Waals surface area contributed by atoms with Crippen LogP contribution in [0.15, 0.2) is 42.5 Å². The molecule has 2 aromatic rings. The van der Waals surface area contributed by atoms with E-state index in [2.05, 4.69) is 5.32 Å². The molecule has 0 atom stereocenters. The van der Waals surface area contributed by atoms with Crippen molar-refractivity contribution in [3.8, 4) is 11.5 Å². The third-order valence-corrected chi connectivity index (χ3v) is 4.86. The topological polar surface area (TPSA) is 67.9 Å². The molecule has 0 aromatic heterocycles. The third-order valence-electron chi connectivity index (χ3n) is 4.86. The van der Waals surface area contributed by atoms with E-state index in [1.54, 1.807) is 23.1 Å². The van der Waals surface area contributed by atoms with E-state index in [9.17, 15) is 14.0 Å². The summed E-state index contributed by atoms with van der Waals surface area (Å²) in [5.41, 5.74) is 0.819. The smallest absolute Gasteiger partial charge is 0.259 e. The number of halogens is 1. The fourth-order valence-electron chi connectivity index (χ4n) is 3.33. The first-order chi connectivity index (χ1) is 13.5. The van der Waals surface area contributed by atoms with Crippen LogP contribution in [0, 0.1) is 5.82 Å². The molecular formula is C21H23FN2O4. The van der Waals surface area contributed by atoms with Gasteiger partial charge in [0.05, 0.1) is 14.2 Å². The van der Waals surface area contributed by atoms with Gasteiger partial charge in [0.15, 0.2) is 0 Å². The summed E-state index contributed by atoms with van der Waals surface area (Å²) in [6, 6.07) is 10.6. The van der Waals surface area contributed by atoms with Crippen molar-refractivity contribution in [2.75, 3.05) is 27.3 Å². The Bertz CT molecular complexity index is 824. The molecule has 2 aromatic carbocycles. The van der Waals surface area contributed by atoms with Crippen LogP contribution >= 0.6 is 0 Å². The summed E-state index contributed by atoms with van der Waals surface area (Å²) < 4.78 is 23.6. The zero-order valence-corrected chi connectivity index (χ0v) is 15.9. The Balaban J connectivity index is 1.61. The maximum Gasteiger partial charge on any atom is 0.259 e. The Kier molecular flexibility index (Phi) is 6.13. The summed E-state index contributed by atoms with van der Waals surface area (Å²) in [5, 5.41) is 3.00. The number of nitrogens with zero attached hydrogens (tertiary/aromatic N) is 1. The second-order valence-electron chi connectivity index (χ2n) is 6.58. The summed E-state index contributed by atoms with van der Waals surface area (Å²) in [6.45, 7) is 1.04. The minimum atomic E-state index is -0.371. The Morgan fingerprint density at radius 2 is 1.57 bits per heavy atom. The standard InChI is InChI=1S/C21H23FN2O4/c1-27-17-4-3-5-18(28-2)19(17)20(25)23-16-10-12-24(13-11-16)21(26)14-6-8-15(22)9-7-14/h3-9,16H,10-13H2,1-2H3,(H,23,25). The van der Waals surface area contributed by atoms with Gasteiger partial charge in [-0.2, -0.15) is 0 Å². The zero-order chi connectivity index (χ0) is 20.1. The minimum Gasteiger partial charge on any atom is -0.496 e. The van der Waals surface area contributed by atoms with E-state index in [0.717, 1.165) is 0 Å². The molecule has 3 rings (SSSR count). The number of benzene rings is 2. The monoisotopic (exact) mass is 386 g/mol. The normalized spacial score (nSPS) is 14.5. The van der Waals surface area contributed by atoms with Gasteiger partial charge in [-0.15, -0.1) is 0 Å². The first-order valence-electron chi connectivity index (χ1n) is 9.10. The van der Waals surface area contributed by atoms with E-state index >= 15 is 0 Å². The fraction of sp³-hybridized carbons (Fsp3) is 0.333. The first kappa shape index (κ1) is 19.7. The van der Waals surface area contributed by atoms with Crippen LogP contribution in [0.5, 0.6) is 11.5 Å². The van der Waals surface area contributed by atoms with Crippen LogP contribution in [0.25, 0.3) is 0 Å². The number of methoxy groups -OCH3 is 2. The maximum atomic E-state index is 13.0. The highest BCUT2D eigenvalue weighted by Crippen LogP contribution is 2.28. The Morgan fingerprint density at radius 3 is 2.11 bits per heavy atom. The van der Waals surface area contributed by atoms with Gasteiger partial charge in [-0.3, -0.25) is 9.59 Å². The van der Waals surface area contributed by atoms with Gasteiger partial charge in [0.25, 0.3) is 11.8 Å². The van der Waals surface area contributed by atoms with Gasteiger partial charge in [0, 0.05) is 24.7 Å². The lowest BCUT2D eigenvalue weighted by Crippen LogP contribution is -2.46. The highest BCUT2D eigenvalue weighted by atomic mass is 19.1. The average molecular weight is 386 g/mol. The number of amides is 2. The van der Waals surface area contributed by atoms with E-state index in [0.29, 0.717) is 48.6 Å². The van der Waals surface area contributed by atoms with E-state index in [-0.39, 0.29) is 23.7 Å². The van der Waals surface area contributed by atoms with Crippen molar-refractivity contribution in [1.29, 1.82) is 0 Å². The van der Waals surface area contributed by atoms with Crippen LogP contribution in [0.2, 0.25) is 0 Å². The van der Waals surface area contributed by atoms with E-state index in [1.807, 2.05) is 0 Å². The number of piperidine rings is 1. The molecule has 1 saturated heterocycles. The number of nitrogens with one attached hydrogen (secondary N) is 1. The van der Waals surface area contributed by atoms with Crippen molar-refractivity contribution in [3.05, 3.63) is 59.4 Å². The summed E-state index contributed by atoms with van der Waals surface area (Å²) in [5.74, 6) is 0.125. The van der Waals surface area contributed by atoms with Gasteiger partial charge in [0.2, 0.25) is 0 Å². The van der Waals surface area contributed by atoms with Crippen molar-refractivity contribution in [2.45, 2.75) is 18.9 Å². The van der Waals surface area contributed by atoms with Crippen LogP contribution in [-0.2, 0) is 0 Å². The molecule has 2 amide bonds. The molecule has 1 fully saturated rings. The van der Waals surface area contributed by atoms with E-state index in [1.165, 1.54) is 38.5 Å². The van der Waals surface area contributed by atoms with Crippen LogP contribution in [-0.4, -0.2) is 50.1 Å². The van der Waals surface area contributed by atoms with Crippen molar-refractivity contribution < 1.29 is 23.5 Å². The molecule has 0 aliphatic carbocycles. The molecular weight excluding hydrogens is 363 g/mol. The maximum absolute atomic E-state index is 13.0. The Hall–Kier alpha value is -3.09. The van der Waals surface area contributed by atoms with Gasteiger partial charge in [-0.25, -0.2) is 4.39 Å². The van der Waals surface area contributed by atoms with Crippen molar-refractivity contribution in [3.63, 3.8) is 0 Å². The molecule has 1 aliphatic rings. The van der Waals surface area contributed by atoms with Crippen LogP contribution < -0.4 is 14.8 Å². The van der Waals surface area contributed by atoms with Gasteiger partial charge < -0.3 is 19.7 Å². The van der Waals surface area contributed by atoms with Gasteiger partial charge >= 0.3 is 0 Å². The summed E-state index contributed by atoms with van der Waals surface area (Å²) in [6.07, 6.45) is 1.27. The predicted molar refractivity (Wildman–Crippen MR) is 102 cm³/mol. The molecule has 0 saturated carbocycles. The summed E-state index contributed by atoms with van der Waals surface area (Å²) in [7, 11) is 3.01. The first-order valence-corrected chi connectivity index (χ1v) is 9.10. The summed E-state index contributed by atoms with van der Waals surface area (Å²) >= 11 is 0. The predicted octanol–water partition coefficient (Wildman–Crippen LogP) is 2.88. The quantitative estimate of drug-likeness (QED) is 0.858. The largest absolute Gasteiger partial charge is 0.496 e. The van der Waals surface area contributed by atoms with Crippen molar-refractivity contribution in [2.24, 2.45) is 0 Å². The molecule has 28 heavy (non-hydrogen) atoms. The Labute approximate surface area is 163 Å². The molecule has 0 unspecified atom stereocenters. The van der Waals surface area contributed by atoms with Gasteiger partial charge in [-0.05, 0) is 49.2 Å². The van der Waals surface area contributed by atoms with Crippen molar-refractivity contribution >= 4 is 11.8 Å². The lowest BCUT2D eigenvalue weighted by molar-refractivity contribution is 0.0697. The average Bonchev–Trinajstić information content (AvgIpc) is 2.73. The molecule has 7 heteroatoms. The molecule has 1 aliphatic heterocycles. The Morgan fingerprint density at radius 1 is 1.00 bits per heavy atom. The molecule has 1 N–H and O–H groups in total. The number of hydrogen-bond acceptors (Lipinski definition) is 4. The second-order valence-corrected chi connectivity index (χ2v) is 6.58. The third kappa shape index (κ3) is 4.24. The molecule has 6 nitrogen and oxygen atoms in total. The highest BCUT2D eigenvalue weighted by Gasteiger charge is 2.26. The molecule has 0 radical (unpaired) electrons. The molecule has 0 spiro atoms. The van der Waals surface area contributed by atoms with Crippen molar-refractivity contribution in [1.82, 2.24) is 10.2 Å². The van der Waals surface area contributed by atoms with Crippen LogP contribution in [0.3, 0.4) is 0 Å². The number of hydrogen-bond donors (Lipinski definition) is 1. The highest BCUT2D eigenvalue weighted by molar-refractivity contribution is 6.00. The summed E-state index contributed by atoms with van der Waals surface area (Å²) in [4.78, 5) is 27.0. The van der Waals surface area contributed by atoms with E-state index in [4.69, 9.17) is 9.47 Å². The fourth-order valence-corrected chi connectivity index (χ4v) is 3.33. The number of ether oxygens (including phenoxy) is 2. The molecule has 148 valence electrons. The van der Waals surface area contributed by atoms with Crippen LogP contribution in [0.4, 0.5) is 4.39 Å². The lowest BCUT2D eigenvalue weighted by atomic mass is 10.0. The van der Waals surface area contributed by atoms with E-state index < -0.39 is 0 Å². The zero-order valence-electron chi connectivity index (χ0n) is 15.9. The lowest BCUT2D eigenvalue weighted by Gasteiger charge is -2.32. The number of rotatable bonds is 5. The van der Waals surface area contributed by atoms with Gasteiger partial charge in [-0.1, -0.05) is 6.07 Å². The SMILES string of the molecule is COc1cccc(OC)c1C(=O)NC1CCN(C(=O)c2ccc(F)cc2)CC1. The molecule has 1 heterocycles. The van der Waals surface area contributed by atoms with Gasteiger partial charge in [0.1, 0.15) is 22.9 Å². The van der Waals surface area contributed by atoms with Crippen LogP contribution in [0.1, 0.15) is 33.6 Å². The number of carbonyl (C=O) groups excluding carboxylic acids is 2. The number of carbonyl (C=O) groups is 2. The minimum absolute atomic E-state index is 0.0561. The number of likely N-dealkylation sites (tertiary alicyclic amines) is 1. The molecule has 0 bridgehead atoms.